The van der Waals surface area contributed by atoms with E-state index in [1.807, 2.05) is 24.4 Å². The van der Waals surface area contributed by atoms with Crippen molar-refractivity contribution in [3.63, 3.8) is 0 Å². The van der Waals surface area contributed by atoms with Crippen LogP contribution in [0.2, 0.25) is 10.0 Å². The molecule has 4 nitrogen and oxygen atoms in total. The fraction of sp³-hybridized carbons (Fsp3) is 0.304. The van der Waals surface area contributed by atoms with E-state index in [2.05, 4.69) is 39.9 Å². The predicted octanol–water partition coefficient (Wildman–Crippen LogP) is 5.24. The van der Waals surface area contributed by atoms with Crippen LogP contribution in [0.4, 0.5) is 5.95 Å². The number of nitrogens with one attached hydrogen (secondary N) is 2. The number of halogens is 2. The van der Waals surface area contributed by atoms with Crippen LogP contribution in [0.25, 0.3) is 11.3 Å². The fourth-order valence-electron chi connectivity index (χ4n) is 4.65. The molecule has 0 amide bonds. The number of piperidine rings is 1. The first-order valence-corrected chi connectivity index (χ1v) is 10.7. The number of hydrogen-bond donors (Lipinski definition) is 2. The van der Waals surface area contributed by atoms with Gasteiger partial charge in [-0.1, -0.05) is 53.5 Å². The normalized spacial score (nSPS) is 16.9. The highest BCUT2D eigenvalue weighted by atomic mass is 35.5. The molecule has 1 fully saturated rings. The van der Waals surface area contributed by atoms with Gasteiger partial charge in [0.2, 0.25) is 5.95 Å². The summed E-state index contributed by atoms with van der Waals surface area (Å²) in [5.74, 6) is 0.630. The largest absolute Gasteiger partial charge is 0.350 e. The van der Waals surface area contributed by atoms with E-state index in [0.29, 0.717) is 22.5 Å². The monoisotopic (exact) mass is 424 g/mol. The Kier molecular flexibility index (Phi) is 4.94. The standard InChI is InChI=1S/C23H22Cl2N4/c24-19-6-5-15(11-20(19)25)13-27-22-28-14-16-12-23(7-9-26-10-8-23)18-4-2-1-3-17(18)21(16)29-22/h1-6,11,14,26H,7-10,12-13H2,(H,27,28,29). The van der Waals surface area contributed by atoms with Crippen LogP contribution in [0.1, 0.15) is 29.5 Å². The molecule has 0 unspecified atom stereocenters. The molecule has 1 spiro atoms. The van der Waals surface area contributed by atoms with Gasteiger partial charge in [-0.05, 0) is 61.2 Å². The third kappa shape index (κ3) is 3.50. The van der Waals surface area contributed by atoms with Crippen molar-refractivity contribution in [2.45, 2.75) is 31.2 Å². The van der Waals surface area contributed by atoms with Gasteiger partial charge in [-0.15, -0.1) is 0 Å². The highest BCUT2D eigenvalue weighted by Crippen LogP contribution is 2.46. The minimum Gasteiger partial charge on any atom is -0.350 e. The van der Waals surface area contributed by atoms with Crippen molar-refractivity contribution < 1.29 is 0 Å². The van der Waals surface area contributed by atoms with E-state index < -0.39 is 0 Å². The van der Waals surface area contributed by atoms with E-state index in [1.165, 1.54) is 16.7 Å². The maximum Gasteiger partial charge on any atom is 0.223 e. The highest BCUT2D eigenvalue weighted by Gasteiger charge is 2.40. The van der Waals surface area contributed by atoms with Crippen LogP contribution in [-0.2, 0) is 18.4 Å². The van der Waals surface area contributed by atoms with E-state index >= 15 is 0 Å². The second kappa shape index (κ2) is 7.60. The summed E-state index contributed by atoms with van der Waals surface area (Å²) >= 11 is 12.1. The topological polar surface area (TPSA) is 49.8 Å². The molecule has 0 radical (unpaired) electrons. The molecule has 29 heavy (non-hydrogen) atoms. The molecular formula is C23H22Cl2N4. The third-order valence-corrected chi connectivity index (χ3v) is 6.88. The van der Waals surface area contributed by atoms with Gasteiger partial charge in [0.25, 0.3) is 0 Å². The van der Waals surface area contributed by atoms with Crippen LogP contribution in [0.15, 0.2) is 48.7 Å². The van der Waals surface area contributed by atoms with Crippen LogP contribution >= 0.6 is 23.2 Å². The Balaban J connectivity index is 1.45. The van der Waals surface area contributed by atoms with Crippen molar-refractivity contribution in [1.29, 1.82) is 0 Å². The van der Waals surface area contributed by atoms with Gasteiger partial charge in [0.15, 0.2) is 0 Å². The number of benzene rings is 2. The Bertz CT molecular complexity index is 1060. The summed E-state index contributed by atoms with van der Waals surface area (Å²) in [7, 11) is 0. The zero-order valence-electron chi connectivity index (χ0n) is 16.0. The van der Waals surface area contributed by atoms with Crippen LogP contribution < -0.4 is 10.6 Å². The average Bonchev–Trinajstić information content (AvgIpc) is 2.76. The Labute approximate surface area is 180 Å². The molecule has 6 heteroatoms. The smallest absolute Gasteiger partial charge is 0.223 e. The van der Waals surface area contributed by atoms with Crippen LogP contribution in [-0.4, -0.2) is 23.1 Å². The molecule has 2 aromatic carbocycles. The third-order valence-electron chi connectivity index (χ3n) is 6.14. The SMILES string of the molecule is Clc1ccc(CNc2ncc3c(n2)-c2ccccc2C2(CCNCC2)C3)cc1Cl. The van der Waals surface area contributed by atoms with Crippen molar-refractivity contribution in [3.05, 3.63) is 75.4 Å². The second-order valence-electron chi connectivity index (χ2n) is 7.92. The molecule has 1 aromatic heterocycles. The molecular weight excluding hydrogens is 403 g/mol. The summed E-state index contributed by atoms with van der Waals surface area (Å²) in [4.78, 5) is 9.49. The summed E-state index contributed by atoms with van der Waals surface area (Å²) < 4.78 is 0. The lowest BCUT2D eigenvalue weighted by Gasteiger charge is -2.42. The van der Waals surface area contributed by atoms with E-state index in [1.54, 1.807) is 0 Å². The molecule has 0 bridgehead atoms. The fourth-order valence-corrected chi connectivity index (χ4v) is 4.97. The van der Waals surface area contributed by atoms with Gasteiger partial charge in [0.05, 0.1) is 15.7 Å². The molecule has 5 rings (SSSR count). The Morgan fingerprint density at radius 1 is 1.03 bits per heavy atom. The Morgan fingerprint density at radius 3 is 2.69 bits per heavy atom. The van der Waals surface area contributed by atoms with E-state index in [4.69, 9.17) is 28.2 Å². The van der Waals surface area contributed by atoms with Crippen molar-refractivity contribution in [3.8, 4) is 11.3 Å². The molecule has 148 valence electrons. The first-order valence-electron chi connectivity index (χ1n) is 9.99. The summed E-state index contributed by atoms with van der Waals surface area (Å²) in [5.41, 5.74) is 6.21. The van der Waals surface area contributed by atoms with Gasteiger partial charge < -0.3 is 10.6 Å². The van der Waals surface area contributed by atoms with Crippen LogP contribution in [0.3, 0.4) is 0 Å². The lowest BCUT2D eigenvalue weighted by atomic mass is 9.64. The van der Waals surface area contributed by atoms with E-state index in [-0.39, 0.29) is 5.41 Å². The molecule has 0 atom stereocenters. The molecule has 0 saturated carbocycles. The van der Waals surface area contributed by atoms with Crippen molar-refractivity contribution in [2.24, 2.45) is 0 Å². The molecule has 2 aliphatic rings. The number of rotatable bonds is 3. The van der Waals surface area contributed by atoms with Crippen LogP contribution in [0.5, 0.6) is 0 Å². The van der Waals surface area contributed by atoms with Gasteiger partial charge in [-0.3, -0.25) is 0 Å². The first kappa shape index (κ1) is 18.9. The molecule has 1 aliphatic carbocycles. The van der Waals surface area contributed by atoms with Gasteiger partial charge >= 0.3 is 0 Å². The quantitative estimate of drug-likeness (QED) is 0.603. The number of hydrogen-bond acceptors (Lipinski definition) is 4. The summed E-state index contributed by atoms with van der Waals surface area (Å²) in [6.45, 7) is 2.72. The summed E-state index contributed by atoms with van der Waals surface area (Å²) in [6.07, 6.45) is 5.31. The number of anilines is 1. The maximum absolute atomic E-state index is 6.12. The van der Waals surface area contributed by atoms with Crippen LogP contribution in [0, 0.1) is 0 Å². The predicted molar refractivity (Wildman–Crippen MR) is 119 cm³/mol. The van der Waals surface area contributed by atoms with Crippen molar-refractivity contribution in [1.82, 2.24) is 15.3 Å². The van der Waals surface area contributed by atoms with Gasteiger partial charge in [0, 0.05) is 23.7 Å². The average molecular weight is 425 g/mol. The zero-order chi connectivity index (χ0) is 19.8. The van der Waals surface area contributed by atoms with Crippen molar-refractivity contribution in [2.75, 3.05) is 18.4 Å². The minimum atomic E-state index is 0.202. The number of nitrogens with zero attached hydrogens (tertiary/aromatic N) is 2. The van der Waals surface area contributed by atoms with Gasteiger partial charge in [0.1, 0.15) is 0 Å². The summed E-state index contributed by atoms with van der Waals surface area (Å²) in [5, 5.41) is 7.94. The zero-order valence-corrected chi connectivity index (χ0v) is 17.5. The Hall–Kier alpha value is -2.14. The highest BCUT2D eigenvalue weighted by molar-refractivity contribution is 6.42. The lowest BCUT2D eigenvalue weighted by molar-refractivity contribution is 0.302. The van der Waals surface area contributed by atoms with Gasteiger partial charge in [-0.25, -0.2) is 9.97 Å². The van der Waals surface area contributed by atoms with Crippen molar-refractivity contribution >= 4 is 29.2 Å². The maximum atomic E-state index is 6.12. The number of aromatic nitrogens is 2. The Morgan fingerprint density at radius 2 is 1.86 bits per heavy atom. The van der Waals surface area contributed by atoms with Gasteiger partial charge in [-0.2, -0.15) is 0 Å². The minimum absolute atomic E-state index is 0.202. The van der Waals surface area contributed by atoms with E-state index in [9.17, 15) is 0 Å². The molecule has 3 aromatic rings. The second-order valence-corrected chi connectivity index (χ2v) is 8.74. The number of fused-ring (bicyclic) bond motifs is 4. The molecule has 2 N–H and O–H groups in total. The summed E-state index contributed by atoms with van der Waals surface area (Å²) in [6, 6.07) is 14.4. The molecule has 1 aliphatic heterocycles. The van der Waals surface area contributed by atoms with E-state index in [0.717, 1.165) is 43.6 Å². The lowest BCUT2D eigenvalue weighted by Crippen LogP contribution is -2.43. The first-order chi connectivity index (χ1) is 14.1. The molecule has 2 heterocycles. The molecule has 1 saturated heterocycles.